The first-order valence-electron chi connectivity index (χ1n) is 6.86. The van der Waals surface area contributed by atoms with Crippen LogP contribution in [0.2, 0.25) is 0 Å². The molecule has 0 aliphatic rings. The summed E-state index contributed by atoms with van der Waals surface area (Å²) in [6, 6.07) is 1.94. The summed E-state index contributed by atoms with van der Waals surface area (Å²) in [5, 5.41) is 0. The second-order valence-electron chi connectivity index (χ2n) is 4.97. The van der Waals surface area contributed by atoms with Crippen LogP contribution >= 0.6 is 0 Å². The highest BCUT2D eigenvalue weighted by Gasteiger charge is 2.39. The van der Waals surface area contributed by atoms with Gasteiger partial charge in [-0.05, 0) is 18.1 Å². The molecule has 2 aromatic carbocycles. The van der Waals surface area contributed by atoms with Gasteiger partial charge < -0.3 is 4.74 Å². The summed E-state index contributed by atoms with van der Waals surface area (Å²) in [6.45, 7) is 1.70. The van der Waals surface area contributed by atoms with Gasteiger partial charge in [0.05, 0.1) is 0 Å². The van der Waals surface area contributed by atoms with Gasteiger partial charge in [0.15, 0.2) is 29.1 Å². The normalized spacial score (nSPS) is 11.7. The fraction of sp³-hybridized carbons (Fsp3) is 0.250. The molecular weight excluding hydrogens is 341 g/mol. The highest BCUT2D eigenvalue weighted by atomic mass is 19.3. The van der Waals surface area contributed by atoms with Crippen molar-refractivity contribution in [2.75, 3.05) is 0 Å². The van der Waals surface area contributed by atoms with E-state index in [9.17, 15) is 30.7 Å². The van der Waals surface area contributed by atoms with E-state index in [0.29, 0.717) is 12.5 Å². The van der Waals surface area contributed by atoms with E-state index in [1.54, 1.807) is 6.92 Å². The molecular formula is C16H11F7O. The number of benzene rings is 2. The number of aryl methyl sites for hydroxylation is 1. The van der Waals surface area contributed by atoms with Crippen molar-refractivity contribution >= 4 is 0 Å². The maximum atomic E-state index is 14.0. The van der Waals surface area contributed by atoms with Crippen LogP contribution in [0.15, 0.2) is 24.3 Å². The molecule has 2 rings (SSSR count). The molecule has 130 valence electrons. The molecule has 24 heavy (non-hydrogen) atoms. The third kappa shape index (κ3) is 3.47. The van der Waals surface area contributed by atoms with Gasteiger partial charge in [-0.1, -0.05) is 19.4 Å². The molecule has 0 saturated carbocycles. The molecule has 0 unspecified atom stereocenters. The van der Waals surface area contributed by atoms with Crippen molar-refractivity contribution in [3.8, 4) is 5.75 Å². The summed E-state index contributed by atoms with van der Waals surface area (Å²) in [5.41, 5.74) is -1.53. The zero-order chi connectivity index (χ0) is 18.1. The number of hydrogen-bond donors (Lipinski definition) is 0. The van der Waals surface area contributed by atoms with Crippen LogP contribution in [-0.4, -0.2) is 0 Å². The van der Waals surface area contributed by atoms with E-state index in [2.05, 4.69) is 4.74 Å². The molecule has 2 aromatic rings. The molecule has 0 heterocycles. The first-order valence-corrected chi connectivity index (χ1v) is 6.86. The van der Waals surface area contributed by atoms with Crippen molar-refractivity contribution in [1.29, 1.82) is 0 Å². The quantitative estimate of drug-likeness (QED) is 0.513. The fourth-order valence-corrected chi connectivity index (χ4v) is 2.07. The van der Waals surface area contributed by atoms with Crippen LogP contribution in [-0.2, 0) is 12.5 Å². The van der Waals surface area contributed by atoms with Gasteiger partial charge in [0.1, 0.15) is 11.3 Å². The summed E-state index contributed by atoms with van der Waals surface area (Å²) in [4.78, 5) is 0. The molecule has 0 atom stereocenters. The topological polar surface area (TPSA) is 9.23 Å². The molecule has 0 fully saturated rings. The molecule has 0 N–H and O–H groups in total. The SMILES string of the molecule is CCCc1ccc(C(F)(F)Oc2cc(F)c(F)c(F)c2)c(F)c1F. The van der Waals surface area contributed by atoms with Crippen LogP contribution in [0, 0.1) is 29.1 Å². The van der Waals surface area contributed by atoms with E-state index >= 15 is 0 Å². The Morgan fingerprint density at radius 1 is 0.875 bits per heavy atom. The Kier molecular flexibility index (Phi) is 5.05. The summed E-state index contributed by atoms with van der Waals surface area (Å²) in [7, 11) is 0. The average molecular weight is 352 g/mol. The Morgan fingerprint density at radius 3 is 2.00 bits per heavy atom. The van der Waals surface area contributed by atoms with Crippen molar-refractivity contribution in [3.63, 3.8) is 0 Å². The minimum atomic E-state index is -4.42. The predicted octanol–water partition coefficient (Wildman–Crippen LogP) is 5.46. The number of rotatable bonds is 5. The smallest absolute Gasteiger partial charge is 0.429 e. The van der Waals surface area contributed by atoms with Crippen molar-refractivity contribution in [2.24, 2.45) is 0 Å². The molecule has 0 bridgehead atoms. The molecule has 0 radical (unpaired) electrons. The van der Waals surface area contributed by atoms with Crippen LogP contribution in [0.3, 0.4) is 0 Å². The maximum Gasteiger partial charge on any atom is 0.429 e. The molecule has 0 aliphatic heterocycles. The van der Waals surface area contributed by atoms with Crippen LogP contribution < -0.4 is 4.74 Å². The average Bonchev–Trinajstić information content (AvgIpc) is 2.49. The molecule has 1 nitrogen and oxygen atoms in total. The molecule has 0 saturated heterocycles. The minimum absolute atomic E-state index is 0.0894. The van der Waals surface area contributed by atoms with Crippen molar-refractivity contribution < 1.29 is 35.5 Å². The monoisotopic (exact) mass is 352 g/mol. The van der Waals surface area contributed by atoms with Gasteiger partial charge in [-0.3, -0.25) is 0 Å². The van der Waals surface area contributed by atoms with Gasteiger partial charge in [0, 0.05) is 12.1 Å². The Bertz CT molecular complexity index is 735. The van der Waals surface area contributed by atoms with E-state index < -0.39 is 46.5 Å². The Morgan fingerprint density at radius 2 is 1.46 bits per heavy atom. The molecule has 0 aromatic heterocycles. The van der Waals surface area contributed by atoms with Crippen LogP contribution in [0.4, 0.5) is 30.7 Å². The van der Waals surface area contributed by atoms with Gasteiger partial charge in [-0.15, -0.1) is 0 Å². The first kappa shape index (κ1) is 18.1. The van der Waals surface area contributed by atoms with Gasteiger partial charge >= 0.3 is 6.11 Å². The van der Waals surface area contributed by atoms with E-state index in [-0.39, 0.29) is 24.1 Å². The fourth-order valence-electron chi connectivity index (χ4n) is 2.07. The molecule has 0 aliphatic carbocycles. The lowest BCUT2D eigenvalue weighted by Crippen LogP contribution is -2.24. The molecule has 0 amide bonds. The standard InChI is InChI=1S/C16H11F7O/c1-2-3-8-4-5-10(14(20)13(8)19)16(22,23)24-9-6-11(17)15(21)12(18)7-9/h4-7H,2-3H2,1H3. The summed E-state index contributed by atoms with van der Waals surface area (Å²) >= 11 is 0. The third-order valence-corrected chi connectivity index (χ3v) is 3.20. The van der Waals surface area contributed by atoms with Gasteiger partial charge in [-0.25, -0.2) is 22.0 Å². The van der Waals surface area contributed by atoms with Crippen LogP contribution in [0.25, 0.3) is 0 Å². The number of ether oxygens (including phenoxy) is 1. The minimum Gasteiger partial charge on any atom is -0.429 e. The van der Waals surface area contributed by atoms with Crippen molar-refractivity contribution in [1.82, 2.24) is 0 Å². The lowest BCUT2D eigenvalue weighted by Gasteiger charge is -2.20. The van der Waals surface area contributed by atoms with E-state index in [4.69, 9.17) is 0 Å². The van der Waals surface area contributed by atoms with E-state index in [0.717, 1.165) is 6.07 Å². The Hall–Kier alpha value is -2.25. The molecule has 0 spiro atoms. The van der Waals surface area contributed by atoms with E-state index in [1.807, 2.05) is 0 Å². The maximum absolute atomic E-state index is 14.0. The highest BCUT2D eigenvalue weighted by Crippen LogP contribution is 2.35. The van der Waals surface area contributed by atoms with Crippen molar-refractivity contribution in [2.45, 2.75) is 25.9 Å². The second kappa shape index (κ2) is 6.70. The van der Waals surface area contributed by atoms with Gasteiger partial charge in [0.25, 0.3) is 0 Å². The highest BCUT2D eigenvalue weighted by molar-refractivity contribution is 5.31. The number of halogens is 7. The summed E-state index contributed by atoms with van der Waals surface area (Å²) in [6.07, 6.45) is -3.81. The van der Waals surface area contributed by atoms with E-state index in [1.165, 1.54) is 0 Å². The summed E-state index contributed by atoms with van der Waals surface area (Å²) < 4.78 is 98.5. The zero-order valence-corrected chi connectivity index (χ0v) is 12.3. The Labute approximate surface area is 132 Å². The van der Waals surface area contributed by atoms with Crippen LogP contribution in [0.5, 0.6) is 5.75 Å². The number of alkyl halides is 2. The third-order valence-electron chi connectivity index (χ3n) is 3.20. The largest absolute Gasteiger partial charge is 0.429 e. The Balaban J connectivity index is 2.39. The predicted molar refractivity (Wildman–Crippen MR) is 71.2 cm³/mol. The zero-order valence-electron chi connectivity index (χ0n) is 12.3. The second-order valence-corrected chi connectivity index (χ2v) is 4.97. The molecule has 8 heteroatoms. The van der Waals surface area contributed by atoms with Crippen LogP contribution in [0.1, 0.15) is 24.5 Å². The van der Waals surface area contributed by atoms with Gasteiger partial charge in [-0.2, -0.15) is 8.78 Å². The van der Waals surface area contributed by atoms with Gasteiger partial charge in [0.2, 0.25) is 0 Å². The lowest BCUT2D eigenvalue weighted by molar-refractivity contribution is -0.188. The number of hydrogen-bond acceptors (Lipinski definition) is 1. The first-order chi connectivity index (χ1) is 11.2. The van der Waals surface area contributed by atoms with Crippen molar-refractivity contribution in [3.05, 3.63) is 64.5 Å². The summed E-state index contributed by atoms with van der Waals surface area (Å²) in [5.74, 6) is -9.74. The lowest BCUT2D eigenvalue weighted by atomic mass is 10.1.